The van der Waals surface area contributed by atoms with E-state index in [0.717, 1.165) is 28.7 Å². The highest BCUT2D eigenvalue weighted by molar-refractivity contribution is 7.98. The minimum Gasteiger partial charge on any atom is -0.313 e. The molecule has 0 unspecified atom stereocenters. The van der Waals surface area contributed by atoms with Gasteiger partial charge in [-0.15, -0.1) is 0 Å². The number of hydrogen-bond donors (Lipinski definition) is 1. The van der Waals surface area contributed by atoms with Gasteiger partial charge in [-0.25, -0.2) is 0 Å². The topological polar surface area (TPSA) is 12.0 Å². The molecule has 0 heterocycles. The normalized spacial score (nSPS) is 10.8. The number of hydrogen-bond acceptors (Lipinski definition) is 2. The first-order chi connectivity index (χ1) is 8.74. The van der Waals surface area contributed by atoms with Gasteiger partial charge in [0.2, 0.25) is 0 Å². The van der Waals surface area contributed by atoms with Crippen LogP contribution >= 0.6 is 35.0 Å². The maximum absolute atomic E-state index is 6.09. The summed E-state index contributed by atoms with van der Waals surface area (Å²) < 4.78 is 0. The van der Waals surface area contributed by atoms with Gasteiger partial charge in [0.05, 0.1) is 0 Å². The Labute approximate surface area is 125 Å². The van der Waals surface area contributed by atoms with Crippen molar-refractivity contribution in [2.24, 2.45) is 0 Å². The zero-order chi connectivity index (χ0) is 13.2. The van der Waals surface area contributed by atoms with Crippen LogP contribution in [-0.2, 0) is 6.54 Å². The van der Waals surface area contributed by atoms with Crippen molar-refractivity contribution < 1.29 is 0 Å². The van der Waals surface area contributed by atoms with E-state index in [4.69, 9.17) is 23.2 Å². The number of thioether (sulfide) groups is 1. The number of unbranched alkanes of at least 4 members (excludes halogenated alkanes) is 3. The van der Waals surface area contributed by atoms with Crippen molar-refractivity contribution in [2.75, 3.05) is 18.6 Å². The second-order valence-corrected chi connectivity index (χ2v) is 6.15. The van der Waals surface area contributed by atoms with E-state index in [1.165, 1.54) is 31.4 Å². The van der Waals surface area contributed by atoms with Crippen LogP contribution in [0.15, 0.2) is 18.2 Å². The lowest BCUT2D eigenvalue weighted by Crippen LogP contribution is -2.14. The number of halogens is 2. The lowest BCUT2D eigenvalue weighted by atomic mass is 10.2. The molecule has 0 aliphatic carbocycles. The predicted octanol–water partition coefficient (Wildman–Crippen LogP) is 5.01. The van der Waals surface area contributed by atoms with Crippen LogP contribution in [0.4, 0.5) is 0 Å². The summed E-state index contributed by atoms with van der Waals surface area (Å²) in [5.74, 6) is 1.28. The van der Waals surface area contributed by atoms with E-state index in [1.54, 1.807) is 0 Å². The summed E-state index contributed by atoms with van der Waals surface area (Å²) in [7, 11) is 0. The molecule has 0 saturated carbocycles. The molecule has 0 radical (unpaired) electrons. The van der Waals surface area contributed by atoms with Gasteiger partial charge in [-0.05, 0) is 55.2 Å². The lowest BCUT2D eigenvalue weighted by Gasteiger charge is -2.07. The summed E-state index contributed by atoms with van der Waals surface area (Å²) in [4.78, 5) is 0. The Hall–Kier alpha value is 0.110. The molecule has 0 bridgehead atoms. The minimum absolute atomic E-state index is 0.744. The number of nitrogens with one attached hydrogen (secondary N) is 1. The molecule has 0 aliphatic rings. The highest BCUT2D eigenvalue weighted by atomic mass is 35.5. The fraction of sp³-hybridized carbons (Fsp3) is 0.571. The number of benzene rings is 1. The first kappa shape index (κ1) is 16.2. The van der Waals surface area contributed by atoms with Crippen LogP contribution < -0.4 is 5.32 Å². The zero-order valence-corrected chi connectivity index (χ0v) is 13.2. The molecule has 0 saturated heterocycles. The van der Waals surface area contributed by atoms with Gasteiger partial charge in [-0.3, -0.25) is 0 Å². The van der Waals surface area contributed by atoms with Crippen LogP contribution in [0.2, 0.25) is 10.0 Å². The van der Waals surface area contributed by atoms with Gasteiger partial charge >= 0.3 is 0 Å². The van der Waals surface area contributed by atoms with Crippen molar-refractivity contribution in [3.05, 3.63) is 33.8 Å². The Balaban J connectivity index is 2.09. The van der Waals surface area contributed by atoms with E-state index >= 15 is 0 Å². The van der Waals surface area contributed by atoms with E-state index in [-0.39, 0.29) is 0 Å². The quantitative estimate of drug-likeness (QED) is 0.644. The molecule has 1 nitrogen and oxygen atoms in total. The summed E-state index contributed by atoms with van der Waals surface area (Å²) >= 11 is 14.0. The Bertz CT molecular complexity index is 345. The molecule has 18 heavy (non-hydrogen) atoms. The monoisotopic (exact) mass is 305 g/mol. The van der Waals surface area contributed by atoms with Crippen molar-refractivity contribution in [3.8, 4) is 0 Å². The average Bonchev–Trinajstić information content (AvgIpc) is 2.36. The molecule has 1 rings (SSSR count). The third-order valence-electron chi connectivity index (χ3n) is 2.78. The van der Waals surface area contributed by atoms with Crippen LogP contribution in [0.25, 0.3) is 0 Å². The summed E-state index contributed by atoms with van der Waals surface area (Å²) in [6.45, 7) is 1.84. The summed E-state index contributed by atoms with van der Waals surface area (Å²) in [5.41, 5.74) is 1.08. The van der Waals surface area contributed by atoms with Gasteiger partial charge in [0.25, 0.3) is 0 Å². The first-order valence-corrected chi connectivity index (χ1v) is 8.52. The third kappa shape index (κ3) is 6.89. The largest absolute Gasteiger partial charge is 0.313 e. The smallest absolute Gasteiger partial charge is 0.0451 e. The van der Waals surface area contributed by atoms with E-state index in [2.05, 4.69) is 11.6 Å². The highest BCUT2D eigenvalue weighted by Gasteiger charge is 2.00. The van der Waals surface area contributed by atoms with Crippen LogP contribution in [0, 0.1) is 0 Å². The van der Waals surface area contributed by atoms with E-state index in [1.807, 2.05) is 30.0 Å². The van der Waals surface area contributed by atoms with Crippen LogP contribution in [-0.4, -0.2) is 18.6 Å². The molecule has 1 aromatic rings. The molecular weight excluding hydrogens is 285 g/mol. The fourth-order valence-corrected chi connectivity index (χ4v) is 2.62. The van der Waals surface area contributed by atoms with Crippen LogP contribution in [0.5, 0.6) is 0 Å². The van der Waals surface area contributed by atoms with E-state index < -0.39 is 0 Å². The first-order valence-electron chi connectivity index (χ1n) is 6.37. The van der Waals surface area contributed by atoms with Gasteiger partial charge < -0.3 is 5.32 Å². The highest BCUT2D eigenvalue weighted by Crippen LogP contribution is 2.20. The Morgan fingerprint density at radius 1 is 1.11 bits per heavy atom. The van der Waals surface area contributed by atoms with Crippen LogP contribution in [0.1, 0.15) is 31.2 Å². The van der Waals surface area contributed by atoms with Crippen molar-refractivity contribution >= 4 is 35.0 Å². The summed E-state index contributed by atoms with van der Waals surface area (Å²) in [6, 6.07) is 5.60. The molecule has 0 fully saturated rings. The van der Waals surface area contributed by atoms with Crippen molar-refractivity contribution in [1.82, 2.24) is 5.32 Å². The van der Waals surface area contributed by atoms with Crippen LogP contribution in [0.3, 0.4) is 0 Å². The molecule has 1 aromatic carbocycles. The van der Waals surface area contributed by atoms with Crippen molar-refractivity contribution in [2.45, 2.75) is 32.2 Å². The summed E-state index contributed by atoms with van der Waals surface area (Å²) in [6.07, 6.45) is 7.36. The standard InChI is InChI=1S/C14H21Cl2NS/c1-18-9-5-3-2-4-8-17-11-12-10-13(15)6-7-14(12)16/h6-7,10,17H,2-5,8-9,11H2,1H3. The maximum Gasteiger partial charge on any atom is 0.0451 e. The third-order valence-corrected chi connectivity index (χ3v) is 4.08. The zero-order valence-electron chi connectivity index (χ0n) is 10.8. The minimum atomic E-state index is 0.744. The maximum atomic E-state index is 6.09. The van der Waals surface area contributed by atoms with Gasteiger partial charge in [-0.1, -0.05) is 36.0 Å². The SMILES string of the molecule is CSCCCCCCNCc1cc(Cl)ccc1Cl. The molecular formula is C14H21Cl2NS. The van der Waals surface area contributed by atoms with Gasteiger partial charge in [-0.2, -0.15) is 11.8 Å². The van der Waals surface area contributed by atoms with E-state index in [9.17, 15) is 0 Å². The van der Waals surface area contributed by atoms with E-state index in [0.29, 0.717) is 0 Å². The fourth-order valence-electron chi connectivity index (χ4n) is 1.75. The molecule has 0 aromatic heterocycles. The number of rotatable bonds is 9. The summed E-state index contributed by atoms with van der Waals surface area (Å²) in [5, 5.41) is 4.94. The Kier molecular flexibility index (Phi) is 8.95. The Morgan fingerprint density at radius 2 is 1.89 bits per heavy atom. The second kappa shape index (κ2) is 9.96. The van der Waals surface area contributed by atoms with Crippen molar-refractivity contribution in [3.63, 3.8) is 0 Å². The average molecular weight is 306 g/mol. The lowest BCUT2D eigenvalue weighted by molar-refractivity contribution is 0.599. The molecule has 1 N–H and O–H groups in total. The molecule has 0 atom stereocenters. The van der Waals surface area contributed by atoms with Gasteiger partial charge in [0.15, 0.2) is 0 Å². The molecule has 4 heteroatoms. The molecule has 102 valence electrons. The molecule has 0 spiro atoms. The van der Waals surface area contributed by atoms with Gasteiger partial charge in [0, 0.05) is 16.6 Å². The molecule has 0 amide bonds. The predicted molar refractivity (Wildman–Crippen MR) is 85.0 cm³/mol. The van der Waals surface area contributed by atoms with Gasteiger partial charge in [0.1, 0.15) is 0 Å². The molecule has 0 aliphatic heterocycles. The Morgan fingerprint density at radius 3 is 2.67 bits per heavy atom. The van der Waals surface area contributed by atoms with Crippen molar-refractivity contribution in [1.29, 1.82) is 0 Å². The second-order valence-electron chi connectivity index (χ2n) is 4.32.